The van der Waals surface area contributed by atoms with Crippen LogP contribution in [0.3, 0.4) is 0 Å². The van der Waals surface area contributed by atoms with E-state index in [0.29, 0.717) is 16.3 Å². The maximum absolute atomic E-state index is 12.1. The summed E-state index contributed by atoms with van der Waals surface area (Å²) in [6, 6.07) is 4.89. The van der Waals surface area contributed by atoms with Gasteiger partial charge in [0.15, 0.2) is 5.84 Å². The van der Waals surface area contributed by atoms with Gasteiger partial charge in [0.1, 0.15) is 0 Å². The van der Waals surface area contributed by atoms with Crippen LogP contribution in [-0.2, 0) is 4.79 Å². The maximum atomic E-state index is 12.1. The lowest BCUT2D eigenvalue weighted by Crippen LogP contribution is -2.22. The van der Waals surface area contributed by atoms with Crippen molar-refractivity contribution in [3.8, 4) is 0 Å². The van der Waals surface area contributed by atoms with Gasteiger partial charge in [0.25, 0.3) is 0 Å². The van der Waals surface area contributed by atoms with Crippen molar-refractivity contribution in [1.82, 2.24) is 0 Å². The molecule has 0 aliphatic heterocycles. The minimum Gasteiger partial charge on any atom is -0.409 e. The fraction of sp³-hybridized carbons (Fsp3) is 0.429. The van der Waals surface area contributed by atoms with Gasteiger partial charge < -0.3 is 16.3 Å². The third-order valence-corrected chi connectivity index (χ3v) is 4.56. The molecule has 1 amide bonds. The van der Waals surface area contributed by atoms with E-state index in [2.05, 4.69) is 10.5 Å². The van der Waals surface area contributed by atoms with Crippen molar-refractivity contribution in [2.45, 2.75) is 19.3 Å². The highest BCUT2D eigenvalue weighted by molar-refractivity contribution is 6.34. The summed E-state index contributed by atoms with van der Waals surface area (Å²) in [7, 11) is 0. The number of nitrogens with zero attached hydrogens (tertiary/aromatic N) is 1. The smallest absolute Gasteiger partial charge is 0.227 e. The van der Waals surface area contributed by atoms with E-state index >= 15 is 0 Å². The highest BCUT2D eigenvalue weighted by atomic mass is 35.5. The van der Waals surface area contributed by atoms with Gasteiger partial charge in [0, 0.05) is 11.5 Å². The van der Waals surface area contributed by atoms with E-state index in [9.17, 15) is 4.79 Å². The van der Waals surface area contributed by atoms with Gasteiger partial charge in [-0.2, -0.15) is 0 Å². The Morgan fingerprint density at radius 2 is 2.05 bits per heavy atom. The van der Waals surface area contributed by atoms with E-state index in [-0.39, 0.29) is 17.7 Å². The molecule has 106 valence electrons. The summed E-state index contributed by atoms with van der Waals surface area (Å²) < 4.78 is 0. The number of carbonyl (C=O) groups is 1. The molecule has 0 bridgehead atoms. The first-order valence-corrected chi connectivity index (χ1v) is 7.04. The van der Waals surface area contributed by atoms with Gasteiger partial charge in [0.2, 0.25) is 5.91 Å². The molecule has 2 aliphatic rings. The SMILES string of the molecule is N/C(=N/O)c1ccc(NC(=O)C2CC3CC3C2)c(Cl)c1. The number of nitrogens with one attached hydrogen (secondary N) is 1. The molecule has 2 fully saturated rings. The number of anilines is 1. The Bertz CT molecular complexity index is 578. The van der Waals surface area contributed by atoms with Crippen LogP contribution in [0.4, 0.5) is 5.69 Å². The van der Waals surface area contributed by atoms with E-state index in [1.54, 1.807) is 18.2 Å². The minimum absolute atomic E-state index is 0.0133. The highest BCUT2D eigenvalue weighted by Crippen LogP contribution is 2.54. The Labute approximate surface area is 121 Å². The van der Waals surface area contributed by atoms with E-state index in [4.69, 9.17) is 22.5 Å². The minimum atomic E-state index is -0.0133. The second-order valence-corrected chi connectivity index (χ2v) is 6.00. The Morgan fingerprint density at radius 1 is 1.35 bits per heavy atom. The third-order valence-electron chi connectivity index (χ3n) is 4.24. The van der Waals surface area contributed by atoms with Crippen LogP contribution >= 0.6 is 11.6 Å². The molecule has 20 heavy (non-hydrogen) atoms. The van der Waals surface area contributed by atoms with Crippen LogP contribution < -0.4 is 11.1 Å². The van der Waals surface area contributed by atoms with Crippen molar-refractivity contribution in [2.24, 2.45) is 28.6 Å². The van der Waals surface area contributed by atoms with Gasteiger partial charge in [0.05, 0.1) is 10.7 Å². The van der Waals surface area contributed by atoms with Gasteiger partial charge in [-0.05, 0) is 49.3 Å². The average molecular weight is 294 g/mol. The molecule has 2 unspecified atom stereocenters. The maximum Gasteiger partial charge on any atom is 0.227 e. The summed E-state index contributed by atoms with van der Waals surface area (Å²) in [5, 5.41) is 14.8. The third kappa shape index (κ3) is 2.45. The Hall–Kier alpha value is -1.75. The van der Waals surface area contributed by atoms with Crippen LogP contribution in [0.25, 0.3) is 0 Å². The molecule has 1 aromatic rings. The molecule has 0 radical (unpaired) electrons. The van der Waals surface area contributed by atoms with Crippen molar-refractivity contribution < 1.29 is 10.0 Å². The quantitative estimate of drug-likeness (QED) is 0.346. The summed E-state index contributed by atoms with van der Waals surface area (Å²) in [4.78, 5) is 12.1. The van der Waals surface area contributed by atoms with Crippen LogP contribution in [0.15, 0.2) is 23.4 Å². The first-order chi connectivity index (χ1) is 9.58. The predicted molar refractivity (Wildman–Crippen MR) is 76.9 cm³/mol. The van der Waals surface area contributed by atoms with Crippen LogP contribution in [0, 0.1) is 17.8 Å². The molecule has 1 aromatic carbocycles. The lowest BCUT2D eigenvalue weighted by atomic mass is 10.0. The standard InChI is InChI=1S/C14H16ClN3O2/c15-11-6-7(13(16)18-20)1-2-12(11)17-14(19)10-4-8-3-9(8)5-10/h1-2,6,8-10,20H,3-5H2,(H2,16,18)(H,17,19). The molecule has 2 saturated carbocycles. The van der Waals surface area contributed by atoms with E-state index < -0.39 is 0 Å². The molecular formula is C14H16ClN3O2. The average Bonchev–Trinajstić information content (AvgIpc) is 3.06. The molecule has 6 heteroatoms. The summed E-state index contributed by atoms with van der Waals surface area (Å²) in [5.74, 6) is 1.67. The van der Waals surface area contributed by atoms with Crippen LogP contribution in [0.2, 0.25) is 5.02 Å². The largest absolute Gasteiger partial charge is 0.409 e. The topological polar surface area (TPSA) is 87.7 Å². The predicted octanol–water partition coefficient (Wildman–Crippen LogP) is 2.42. The Balaban J connectivity index is 1.69. The van der Waals surface area contributed by atoms with Crippen molar-refractivity contribution in [1.29, 1.82) is 0 Å². The highest BCUT2D eigenvalue weighted by Gasteiger charge is 2.48. The fourth-order valence-corrected chi connectivity index (χ4v) is 3.22. The van der Waals surface area contributed by atoms with Crippen molar-refractivity contribution in [3.05, 3.63) is 28.8 Å². The number of fused-ring (bicyclic) bond motifs is 1. The summed E-state index contributed by atoms with van der Waals surface area (Å²) in [6.45, 7) is 0. The van der Waals surface area contributed by atoms with E-state index in [1.165, 1.54) is 6.42 Å². The molecule has 5 nitrogen and oxygen atoms in total. The number of oxime groups is 1. The zero-order valence-electron chi connectivity index (χ0n) is 10.8. The molecule has 4 N–H and O–H groups in total. The molecule has 0 aromatic heterocycles. The molecule has 2 aliphatic carbocycles. The second-order valence-electron chi connectivity index (χ2n) is 5.59. The van der Waals surface area contributed by atoms with Crippen molar-refractivity contribution in [3.63, 3.8) is 0 Å². The van der Waals surface area contributed by atoms with E-state index in [0.717, 1.165) is 24.7 Å². The molecule has 0 spiro atoms. The lowest BCUT2D eigenvalue weighted by Gasteiger charge is -2.13. The number of nitrogens with two attached hydrogens (primary N) is 1. The number of hydrogen-bond donors (Lipinski definition) is 3. The fourth-order valence-electron chi connectivity index (χ4n) is 3.00. The summed E-state index contributed by atoms with van der Waals surface area (Å²) in [5.41, 5.74) is 6.56. The molecular weight excluding hydrogens is 278 g/mol. The van der Waals surface area contributed by atoms with Gasteiger partial charge in [-0.1, -0.05) is 16.8 Å². The summed E-state index contributed by atoms with van der Waals surface area (Å²) >= 11 is 6.11. The van der Waals surface area contributed by atoms with Gasteiger partial charge in [-0.3, -0.25) is 4.79 Å². The second kappa shape index (κ2) is 4.98. The number of amidine groups is 1. The van der Waals surface area contributed by atoms with E-state index in [1.807, 2.05) is 0 Å². The lowest BCUT2D eigenvalue weighted by molar-refractivity contribution is -0.120. The number of benzene rings is 1. The molecule has 0 saturated heterocycles. The first-order valence-electron chi connectivity index (χ1n) is 6.66. The van der Waals surface area contributed by atoms with Crippen LogP contribution in [0.1, 0.15) is 24.8 Å². The zero-order valence-corrected chi connectivity index (χ0v) is 11.6. The number of carbonyl (C=O) groups excluding carboxylic acids is 1. The van der Waals surface area contributed by atoms with Gasteiger partial charge in [-0.15, -0.1) is 0 Å². The summed E-state index contributed by atoms with van der Waals surface area (Å²) in [6.07, 6.45) is 3.28. The monoisotopic (exact) mass is 293 g/mol. The van der Waals surface area contributed by atoms with Crippen molar-refractivity contribution in [2.75, 3.05) is 5.32 Å². The molecule has 3 rings (SSSR count). The number of hydrogen-bond acceptors (Lipinski definition) is 3. The van der Waals surface area contributed by atoms with Crippen molar-refractivity contribution >= 4 is 29.0 Å². The molecule has 0 heterocycles. The molecule has 2 atom stereocenters. The number of amides is 1. The van der Waals surface area contributed by atoms with Crippen LogP contribution in [-0.4, -0.2) is 17.0 Å². The van der Waals surface area contributed by atoms with Crippen LogP contribution in [0.5, 0.6) is 0 Å². The number of rotatable bonds is 3. The normalized spacial score (nSPS) is 28.1. The number of halogens is 1. The van der Waals surface area contributed by atoms with Gasteiger partial charge >= 0.3 is 0 Å². The first kappa shape index (κ1) is 13.2. The zero-order chi connectivity index (χ0) is 14.3. The Kier molecular flexibility index (Phi) is 3.30. The Morgan fingerprint density at radius 3 is 2.65 bits per heavy atom. The van der Waals surface area contributed by atoms with Gasteiger partial charge in [-0.25, -0.2) is 0 Å².